The Morgan fingerprint density at radius 2 is 1.91 bits per heavy atom. The molecule has 0 aliphatic rings. The van der Waals surface area contributed by atoms with Crippen molar-refractivity contribution in [3.05, 3.63) is 64.0 Å². The number of halogens is 1. The van der Waals surface area contributed by atoms with Crippen LogP contribution in [0.2, 0.25) is 0 Å². The van der Waals surface area contributed by atoms with Crippen LogP contribution in [-0.2, 0) is 0 Å². The average Bonchev–Trinajstić information content (AvgIpc) is 2.53. The van der Waals surface area contributed by atoms with Gasteiger partial charge in [0.1, 0.15) is 17.3 Å². The van der Waals surface area contributed by atoms with Gasteiger partial charge >= 0.3 is 0 Å². The maximum absolute atomic E-state index is 13.2. The summed E-state index contributed by atoms with van der Waals surface area (Å²) >= 11 is 0. The Balaban J connectivity index is 2.06. The van der Waals surface area contributed by atoms with E-state index in [4.69, 9.17) is 9.47 Å². The van der Waals surface area contributed by atoms with E-state index < -0.39 is 16.5 Å². The van der Waals surface area contributed by atoms with E-state index >= 15 is 0 Å². The monoisotopic (exact) mass is 305 g/mol. The summed E-state index contributed by atoms with van der Waals surface area (Å²) in [7, 11) is 1.38. The van der Waals surface area contributed by atoms with E-state index in [0.717, 1.165) is 6.07 Å². The van der Waals surface area contributed by atoms with Gasteiger partial charge in [-0.25, -0.2) is 4.39 Å². The van der Waals surface area contributed by atoms with Crippen molar-refractivity contribution in [2.45, 2.75) is 0 Å². The molecule has 0 spiro atoms. The molecular weight excluding hydrogens is 293 g/mol. The van der Waals surface area contributed by atoms with Crippen LogP contribution in [-0.4, -0.2) is 24.4 Å². The Hall–Kier alpha value is -2.96. The van der Waals surface area contributed by atoms with Gasteiger partial charge in [0.25, 0.3) is 5.69 Å². The molecule has 0 unspecified atom stereocenters. The van der Waals surface area contributed by atoms with Gasteiger partial charge < -0.3 is 9.47 Å². The van der Waals surface area contributed by atoms with Crippen molar-refractivity contribution in [1.82, 2.24) is 0 Å². The van der Waals surface area contributed by atoms with Gasteiger partial charge in [-0.3, -0.25) is 14.9 Å². The number of Topliss-reactive ketones (excluding diaryl/α,β-unsaturated/α-hetero) is 1. The number of nitrogens with zero attached hydrogens (tertiary/aromatic N) is 1. The van der Waals surface area contributed by atoms with Gasteiger partial charge in [0.05, 0.1) is 17.6 Å². The van der Waals surface area contributed by atoms with Crippen molar-refractivity contribution in [2.75, 3.05) is 13.7 Å². The molecule has 0 aliphatic carbocycles. The van der Waals surface area contributed by atoms with Gasteiger partial charge in [0.2, 0.25) is 5.78 Å². The predicted octanol–water partition coefficient (Wildman–Crippen LogP) is 3.00. The maximum atomic E-state index is 13.2. The van der Waals surface area contributed by atoms with E-state index in [9.17, 15) is 19.3 Å². The summed E-state index contributed by atoms with van der Waals surface area (Å²) in [5.41, 5.74) is -0.00473. The molecule has 0 N–H and O–H groups in total. The molecule has 22 heavy (non-hydrogen) atoms. The summed E-state index contributed by atoms with van der Waals surface area (Å²) in [4.78, 5) is 22.0. The van der Waals surface area contributed by atoms with Crippen molar-refractivity contribution in [3.8, 4) is 11.5 Å². The Morgan fingerprint density at radius 3 is 2.50 bits per heavy atom. The molecule has 0 heterocycles. The number of carbonyl (C=O) groups excluding carboxylic acids is 1. The molecule has 0 aromatic heterocycles. The van der Waals surface area contributed by atoms with Crippen LogP contribution in [0.1, 0.15) is 10.4 Å². The summed E-state index contributed by atoms with van der Waals surface area (Å²) in [5.74, 6) is -0.470. The zero-order valence-corrected chi connectivity index (χ0v) is 11.6. The first-order chi connectivity index (χ1) is 10.5. The third-order valence-corrected chi connectivity index (χ3v) is 2.88. The number of benzene rings is 2. The molecule has 7 heteroatoms. The molecule has 0 radical (unpaired) electrons. The highest BCUT2D eigenvalue weighted by Crippen LogP contribution is 2.21. The van der Waals surface area contributed by atoms with E-state index in [1.807, 2.05) is 0 Å². The molecule has 0 saturated carbocycles. The molecule has 0 atom stereocenters. The number of nitro benzene ring substituents is 1. The van der Waals surface area contributed by atoms with Crippen LogP contribution in [0.15, 0.2) is 42.5 Å². The highest BCUT2D eigenvalue weighted by Gasteiger charge is 2.14. The zero-order valence-electron chi connectivity index (χ0n) is 11.6. The van der Waals surface area contributed by atoms with Crippen LogP contribution in [0.5, 0.6) is 11.5 Å². The first kappa shape index (κ1) is 15.4. The highest BCUT2D eigenvalue weighted by molar-refractivity contribution is 5.99. The standard InChI is InChI=1S/C15H12FNO5/c1-21-15-7-2-10(16)8-13(15)14(18)9-22-12-5-3-11(4-6-12)17(19)20/h2-8H,9H2,1H3. The number of rotatable bonds is 6. The summed E-state index contributed by atoms with van der Waals surface area (Å²) in [5, 5.41) is 10.5. The number of ether oxygens (including phenoxy) is 2. The lowest BCUT2D eigenvalue weighted by atomic mass is 10.1. The van der Waals surface area contributed by atoms with Gasteiger partial charge in [-0.15, -0.1) is 0 Å². The molecule has 0 aliphatic heterocycles. The van der Waals surface area contributed by atoms with Gasteiger partial charge in [0, 0.05) is 12.1 Å². The molecule has 2 rings (SSSR count). The maximum Gasteiger partial charge on any atom is 0.269 e. The van der Waals surface area contributed by atoms with Gasteiger partial charge in [-0.1, -0.05) is 0 Å². The molecule has 0 amide bonds. The van der Waals surface area contributed by atoms with Crippen LogP contribution in [0.3, 0.4) is 0 Å². The minimum Gasteiger partial charge on any atom is -0.496 e. The van der Waals surface area contributed by atoms with E-state index in [1.54, 1.807) is 0 Å². The normalized spacial score (nSPS) is 10.1. The number of ketones is 1. The van der Waals surface area contributed by atoms with Crippen molar-refractivity contribution < 1.29 is 23.6 Å². The summed E-state index contributed by atoms with van der Waals surface area (Å²) in [6.07, 6.45) is 0. The molecule has 0 bridgehead atoms. The first-order valence-electron chi connectivity index (χ1n) is 6.25. The molecule has 2 aromatic rings. The number of non-ortho nitro benzene ring substituents is 1. The largest absolute Gasteiger partial charge is 0.496 e. The van der Waals surface area contributed by atoms with Crippen LogP contribution in [0.4, 0.5) is 10.1 Å². The lowest BCUT2D eigenvalue weighted by Gasteiger charge is -2.09. The number of methoxy groups -OCH3 is 1. The Morgan fingerprint density at radius 1 is 1.23 bits per heavy atom. The number of hydrogen-bond donors (Lipinski definition) is 0. The van der Waals surface area contributed by atoms with Crippen LogP contribution >= 0.6 is 0 Å². The SMILES string of the molecule is COc1ccc(F)cc1C(=O)COc1ccc([N+](=O)[O-])cc1. The fraction of sp³-hybridized carbons (Fsp3) is 0.133. The smallest absolute Gasteiger partial charge is 0.269 e. The van der Waals surface area contributed by atoms with E-state index in [0.29, 0.717) is 5.75 Å². The third-order valence-electron chi connectivity index (χ3n) is 2.88. The summed E-state index contributed by atoms with van der Waals surface area (Å²) < 4.78 is 23.5. The van der Waals surface area contributed by atoms with Gasteiger partial charge in [-0.05, 0) is 30.3 Å². The van der Waals surface area contributed by atoms with Crippen molar-refractivity contribution in [1.29, 1.82) is 0 Å². The molecule has 114 valence electrons. The topological polar surface area (TPSA) is 78.7 Å². The van der Waals surface area contributed by atoms with Crippen LogP contribution in [0, 0.1) is 15.9 Å². The summed E-state index contributed by atoms with van der Waals surface area (Å²) in [6.45, 7) is -0.336. The number of carbonyl (C=O) groups is 1. The van der Waals surface area contributed by atoms with Crippen LogP contribution < -0.4 is 9.47 Å². The van der Waals surface area contributed by atoms with Crippen molar-refractivity contribution >= 4 is 11.5 Å². The second-order valence-electron chi connectivity index (χ2n) is 4.31. The van der Waals surface area contributed by atoms with Gasteiger partial charge in [-0.2, -0.15) is 0 Å². The fourth-order valence-corrected chi connectivity index (χ4v) is 1.79. The van der Waals surface area contributed by atoms with Crippen molar-refractivity contribution in [2.24, 2.45) is 0 Å². The quantitative estimate of drug-likeness (QED) is 0.465. The Kier molecular flexibility index (Phi) is 4.67. The third kappa shape index (κ3) is 3.57. The first-order valence-corrected chi connectivity index (χ1v) is 6.25. The fourth-order valence-electron chi connectivity index (χ4n) is 1.79. The Bertz CT molecular complexity index is 700. The van der Waals surface area contributed by atoms with Crippen LogP contribution in [0.25, 0.3) is 0 Å². The van der Waals surface area contributed by atoms with E-state index in [1.165, 1.54) is 43.5 Å². The second kappa shape index (κ2) is 6.66. The minimum absolute atomic E-state index is 0.0735. The number of hydrogen-bond acceptors (Lipinski definition) is 5. The number of nitro groups is 1. The average molecular weight is 305 g/mol. The van der Waals surface area contributed by atoms with E-state index in [2.05, 4.69) is 0 Å². The van der Waals surface area contributed by atoms with E-state index in [-0.39, 0.29) is 23.6 Å². The molecular formula is C15H12FNO5. The molecule has 0 fully saturated rings. The summed E-state index contributed by atoms with van der Waals surface area (Å²) in [6, 6.07) is 8.91. The van der Waals surface area contributed by atoms with Crippen molar-refractivity contribution in [3.63, 3.8) is 0 Å². The van der Waals surface area contributed by atoms with Gasteiger partial charge in [0.15, 0.2) is 6.61 Å². The predicted molar refractivity (Wildman–Crippen MR) is 75.9 cm³/mol. The lowest BCUT2D eigenvalue weighted by Crippen LogP contribution is -2.13. The zero-order chi connectivity index (χ0) is 16.1. The highest BCUT2D eigenvalue weighted by atomic mass is 19.1. The molecule has 0 saturated heterocycles. The molecule has 6 nitrogen and oxygen atoms in total. The molecule has 2 aromatic carbocycles. The second-order valence-corrected chi connectivity index (χ2v) is 4.31. The minimum atomic E-state index is -0.556. The Labute approximate surface area is 125 Å². The lowest BCUT2D eigenvalue weighted by molar-refractivity contribution is -0.384.